The topological polar surface area (TPSA) is 20.2 Å². The maximum atomic E-state index is 9.31. The van der Waals surface area contributed by atoms with Crippen molar-refractivity contribution in [1.82, 2.24) is 0 Å². The highest BCUT2D eigenvalue weighted by atomic mass is 16.3. The first-order valence-corrected chi connectivity index (χ1v) is 6.84. The van der Waals surface area contributed by atoms with Crippen LogP contribution in [0.2, 0.25) is 0 Å². The van der Waals surface area contributed by atoms with Crippen LogP contribution in [0.3, 0.4) is 0 Å². The molecule has 16 heavy (non-hydrogen) atoms. The van der Waals surface area contributed by atoms with Gasteiger partial charge < -0.3 is 5.11 Å². The second-order valence-corrected chi connectivity index (χ2v) is 6.62. The van der Waals surface area contributed by atoms with Crippen molar-refractivity contribution < 1.29 is 5.11 Å². The molecule has 1 heteroatoms. The molecule has 1 nitrogen and oxygen atoms in total. The van der Waals surface area contributed by atoms with Crippen LogP contribution in [0.5, 0.6) is 0 Å². The Morgan fingerprint density at radius 3 is 2.62 bits per heavy atom. The zero-order valence-electron chi connectivity index (χ0n) is 10.9. The Morgan fingerprint density at radius 2 is 2.00 bits per heavy atom. The van der Waals surface area contributed by atoms with Gasteiger partial charge in [0.05, 0.1) is 0 Å². The fourth-order valence-electron chi connectivity index (χ4n) is 3.69. The highest BCUT2D eigenvalue weighted by molar-refractivity contribution is 5.09. The molecular formula is C15H26O. The summed E-state index contributed by atoms with van der Waals surface area (Å²) < 4.78 is 0. The predicted octanol–water partition coefficient (Wildman–Crippen LogP) is 3.63. The molecule has 2 aliphatic carbocycles. The predicted molar refractivity (Wildman–Crippen MR) is 68.1 cm³/mol. The molecule has 0 bridgehead atoms. The molecule has 0 amide bonds. The van der Waals surface area contributed by atoms with Crippen molar-refractivity contribution in [2.75, 3.05) is 6.61 Å². The summed E-state index contributed by atoms with van der Waals surface area (Å²) in [5.74, 6) is 2.90. The van der Waals surface area contributed by atoms with Crippen molar-refractivity contribution in [2.24, 2.45) is 29.1 Å². The van der Waals surface area contributed by atoms with Gasteiger partial charge in [-0.1, -0.05) is 45.8 Å². The highest BCUT2D eigenvalue weighted by Crippen LogP contribution is 2.55. The molecule has 92 valence electrons. The van der Waals surface area contributed by atoms with Gasteiger partial charge in [0.2, 0.25) is 0 Å². The van der Waals surface area contributed by atoms with E-state index < -0.39 is 0 Å². The molecule has 0 radical (unpaired) electrons. The van der Waals surface area contributed by atoms with Crippen LogP contribution < -0.4 is 0 Å². The molecule has 0 aromatic rings. The second-order valence-electron chi connectivity index (χ2n) is 6.62. The lowest BCUT2D eigenvalue weighted by atomic mass is 9.52. The van der Waals surface area contributed by atoms with E-state index in [-0.39, 0.29) is 0 Å². The standard InChI is InChI=1S/C15H26O/c1-11-5-4-6-12(10-16)7-8-14-13(11)9-15(14,2)3/h7-8,11-14,16H,4-6,9-10H2,1-3H3/b8-7+. The zero-order valence-corrected chi connectivity index (χ0v) is 10.9. The molecule has 2 aliphatic rings. The van der Waals surface area contributed by atoms with Gasteiger partial charge in [0, 0.05) is 6.61 Å². The molecule has 0 heterocycles. The molecule has 0 aromatic carbocycles. The first-order chi connectivity index (χ1) is 7.54. The van der Waals surface area contributed by atoms with Crippen LogP contribution in [0.4, 0.5) is 0 Å². The maximum Gasteiger partial charge on any atom is 0.0493 e. The van der Waals surface area contributed by atoms with E-state index in [1.54, 1.807) is 0 Å². The van der Waals surface area contributed by atoms with Gasteiger partial charge in [0.15, 0.2) is 0 Å². The summed E-state index contributed by atoms with van der Waals surface area (Å²) in [4.78, 5) is 0. The van der Waals surface area contributed by atoms with Crippen molar-refractivity contribution in [3.8, 4) is 0 Å². The monoisotopic (exact) mass is 222 g/mol. The van der Waals surface area contributed by atoms with Crippen molar-refractivity contribution in [2.45, 2.75) is 46.5 Å². The minimum absolute atomic E-state index is 0.322. The SMILES string of the molecule is CC1CCCC(CO)/C=C/C2C1CC2(C)C. The average Bonchev–Trinajstić information content (AvgIpc) is 2.28. The zero-order chi connectivity index (χ0) is 11.8. The lowest BCUT2D eigenvalue weighted by Gasteiger charge is -2.53. The van der Waals surface area contributed by atoms with Gasteiger partial charge in [-0.25, -0.2) is 0 Å². The smallest absolute Gasteiger partial charge is 0.0493 e. The normalized spacial score (nSPS) is 44.5. The van der Waals surface area contributed by atoms with Gasteiger partial charge in [-0.3, -0.25) is 0 Å². The van der Waals surface area contributed by atoms with E-state index >= 15 is 0 Å². The number of hydrogen-bond acceptors (Lipinski definition) is 1. The molecule has 0 spiro atoms. The van der Waals surface area contributed by atoms with E-state index in [1.165, 1.54) is 19.3 Å². The quantitative estimate of drug-likeness (QED) is 0.672. The Kier molecular flexibility index (Phi) is 3.44. The Labute approximate surface area is 99.9 Å². The maximum absolute atomic E-state index is 9.31. The first-order valence-electron chi connectivity index (χ1n) is 6.84. The van der Waals surface area contributed by atoms with Gasteiger partial charge in [-0.15, -0.1) is 0 Å². The minimum Gasteiger partial charge on any atom is -0.396 e. The van der Waals surface area contributed by atoms with E-state index in [0.29, 0.717) is 17.9 Å². The summed E-state index contributed by atoms with van der Waals surface area (Å²) in [5.41, 5.74) is 0.486. The Balaban J connectivity index is 2.12. The molecule has 0 aromatic heterocycles. The molecule has 0 aliphatic heterocycles. The van der Waals surface area contributed by atoms with Crippen molar-refractivity contribution in [3.05, 3.63) is 12.2 Å². The number of hydrogen-bond donors (Lipinski definition) is 1. The van der Waals surface area contributed by atoms with Crippen LogP contribution in [0.15, 0.2) is 12.2 Å². The number of aliphatic hydroxyl groups excluding tert-OH is 1. The number of fused-ring (bicyclic) bond motifs is 1. The first kappa shape index (κ1) is 12.2. The lowest BCUT2D eigenvalue weighted by Crippen LogP contribution is -2.45. The summed E-state index contributed by atoms with van der Waals surface area (Å²) >= 11 is 0. The van der Waals surface area contributed by atoms with Gasteiger partial charge in [0.1, 0.15) is 0 Å². The van der Waals surface area contributed by atoms with Crippen molar-refractivity contribution >= 4 is 0 Å². The third-order valence-electron chi connectivity index (χ3n) is 4.92. The van der Waals surface area contributed by atoms with Crippen LogP contribution in [0.25, 0.3) is 0 Å². The van der Waals surface area contributed by atoms with Crippen LogP contribution in [0, 0.1) is 29.1 Å². The fourth-order valence-corrected chi connectivity index (χ4v) is 3.69. The van der Waals surface area contributed by atoms with E-state index in [1.807, 2.05) is 0 Å². The van der Waals surface area contributed by atoms with Crippen LogP contribution in [-0.4, -0.2) is 11.7 Å². The summed E-state index contributed by atoms with van der Waals surface area (Å²) in [6.07, 6.45) is 9.87. The number of allylic oxidation sites excluding steroid dienone is 1. The van der Waals surface area contributed by atoms with Crippen LogP contribution >= 0.6 is 0 Å². The van der Waals surface area contributed by atoms with Crippen molar-refractivity contribution in [1.29, 1.82) is 0 Å². The minimum atomic E-state index is 0.322. The van der Waals surface area contributed by atoms with Crippen LogP contribution in [0.1, 0.15) is 46.5 Å². The largest absolute Gasteiger partial charge is 0.396 e. The van der Waals surface area contributed by atoms with Gasteiger partial charge in [0.25, 0.3) is 0 Å². The summed E-state index contributed by atoms with van der Waals surface area (Å²) in [6.45, 7) is 7.51. The molecule has 4 atom stereocenters. The third-order valence-corrected chi connectivity index (χ3v) is 4.92. The third kappa shape index (κ3) is 2.20. The molecular weight excluding hydrogens is 196 g/mol. The second kappa shape index (κ2) is 4.52. The Morgan fingerprint density at radius 1 is 1.25 bits per heavy atom. The summed E-state index contributed by atoms with van der Waals surface area (Å²) in [6, 6.07) is 0. The molecule has 0 saturated heterocycles. The van der Waals surface area contributed by atoms with E-state index in [0.717, 1.165) is 24.2 Å². The van der Waals surface area contributed by atoms with Crippen LogP contribution in [-0.2, 0) is 0 Å². The highest BCUT2D eigenvalue weighted by Gasteiger charge is 2.47. The Bertz CT molecular complexity index is 267. The van der Waals surface area contributed by atoms with Gasteiger partial charge >= 0.3 is 0 Å². The summed E-state index contributed by atoms with van der Waals surface area (Å²) in [5, 5.41) is 9.31. The molecule has 4 unspecified atom stereocenters. The molecule has 1 fully saturated rings. The lowest BCUT2D eigenvalue weighted by molar-refractivity contribution is -0.0117. The van der Waals surface area contributed by atoms with Crippen molar-refractivity contribution in [3.63, 3.8) is 0 Å². The van der Waals surface area contributed by atoms with E-state index in [2.05, 4.69) is 32.9 Å². The van der Waals surface area contributed by atoms with E-state index in [4.69, 9.17) is 0 Å². The molecule has 2 rings (SSSR count). The molecule has 1 N–H and O–H groups in total. The fraction of sp³-hybridized carbons (Fsp3) is 0.867. The summed E-state index contributed by atoms with van der Waals surface area (Å²) in [7, 11) is 0. The Hall–Kier alpha value is -0.300. The molecule has 1 saturated carbocycles. The number of rotatable bonds is 1. The van der Waals surface area contributed by atoms with Gasteiger partial charge in [-0.05, 0) is 41.9 Å². The number of aliphatic hydroxyl groups is 1. The van der Waals surface area contributed by atoms with Gasteiger partial charge in [-0.2, -0.15) is 0 Å². The average molecular weight is 222 g/mol. The van der Waals surface area contributed by atoms with E-state index in [9.17, 15) is 5.11 Å².